The zero-order chi connectivity index (χ0) is 22.3. The minimum atomic E-state index is -0.961. The van der Waals surface area contributed by atoms with E-state index in [1.165, 1.54) is 18.1 Å². The van der Waals surface area contributed by atoms with Crippen LogP contribution in [-0.2, 0) is 9.59 Å². The van der Waals surface area contributed by atoms with Crippen molar-refractivity contribution in [2.75, 3.05) is 12.0 Å². The third kappa shape index (κ3) is 3.75. The molecule has 4 rings (SSSR count). The Kier molecular flexibility index (Phi) is 5.64. The Morgan fingerprint density at radius 3 is 2.45 bits per heavy atom. The maximum absolute atomic E-state index is 13.1. The topological polar surface area (TPSA) is 80.0 Å². The van der Waals surface area contributed by atoms with E-state index in [1.54, 1.807) is 55.5 Å². The zero-order valence-corrected chi connectivity index (χ0v) is 18.9. The number of carbonyl (C=O) groups excluding carboxylic acids is 2. The summed E-state index contributed by atoms with van der Waals surface area (Å²) in [6.45, 7) is 1.76. The van der Waals surface area contributed by atoms with Crippen molar-refractivity contribution in [3.8, 4) is 5.75 Å². The second-order valence-corrected chi connectivity index (χ2v) is 8.26. The Morgan fingerprint density at radius 2 is 1.84 bits per heavy atom. The highest BCUT2D eigenvalue weighted by atomic mass is 79.9. The van der Waals surface area contributed by atoms with Gasteiger partial charge in [-0.15, -0.1) is 0 Å². The molecule has 1 aliphatic rings. The number of hydrogen-bond acceptors (Lipinski definition) is 5. The molecule has 0 radical (unpaired) electrons. The largest absolute Gasteiger partial charge is 0.507 e. The Bertz CT molecular complexity index is 1210. The van der Waals surface area contributed by atoms with Gasteiger partial charge in [-0.3, -0.25) is 14.5 Å². The predicted molar refractivity (Wildman–Crippen MR) is 120 cm³/mol. The van der Waals surface area contributed by atoms with Gasteiger partial charge in [0.2, 0.25) is 0 Å². The Labute approximate surface area is 191 Å². The number of furan rings is 1. The van der Waals surface area contributed by atoms with E-state index in [1.807, 2.05) is 0 Å². The number of nitrogens with zero attached hydrogens (tertiary/aromatic N) is 1. The summed E-state index contributed by atoms with van der Waals surface area (Å²) in [5, 5.41) is 11.4. The van der Waals surface area contributed by atoms with Crippen molar-refractivity contribution in [1.29, 1.82) is 0 Å². The SMILES string of the molecule is COc1ccc(Cl)c(/C(O)=C2\C(=O)C(=O)N(c3ccc(Br)cc3)C2c2ccc(C)o2)c1. The van der Waals surface area contributed by atoms with Crippen LogP contribution in [0.1, 0.15) is 23.1 Å². The van der Waals surface area contributed by atoms with Gasteiger partial charge in [0.1, 0.15) is 29.1 Å². The van der Waals surface area contributed by atoms with Crippen molar-refractivity contribution in [3.63, 3.8) is 0 Å². The van der Waals surface area contributed by atoms with Gasteiger partial charge in [-0.2, -0.15) is 0 Å². The molecule has 8 heteroatoms. The molecule has 6 nitrogen and oxygen atoms in total. The maximum atomic E-state index is 13.1. The number of halogens is 2. The molecule has 1 aliphatic heterocycles. The van der Waals surface area contributed by atoms with Gasteiger partial charge in [-0.25, -0.2) is 0 Å². The summed E-state index contributed by atoms with van der Waals surface area (Å²) in [5.74, 6) is -0.615. The average Bonchev–Trinajstić information content (AvgIpc) is 3.30. The van der Waals surface area contributed by atoms with Crippen LogP contribution in [-0.4, -0.2) is 23.9 Å². The molecule has 1 unspecified atom stereocenters. The van der Waals surface area contributed by atoms with Gasteiger partial charge in [0.25, 0.3) is 11.7 Å². The van der Waals surface area contributed by atoms with Crippen LogP contribution in [0.15, 0.2) is 69.1 Å². The van der Waals surface area contributed by atoms with Gasteiger partial charge in [-0.05, 0) is 61.5 Å². The molecule has 2 aromatic carbocycles. The summed E-state index contributed by atoms with van der Waals surface area (Å²) in [5.41, 5.74) is 0.556. The maximum Gasteiger partial charge on any atom is 0.300 e. The highest BCUT2D eigenvalue weighted by Crippen LogP contribution is 2.43. The molecular formula is C23H17BrClNO5. The number of ketones is 1. The lowest BCUT2D eigenvalue weighted by Gasteiger charge is -2.23. The number of aliphatic hydroxyl groups is 1. The second kappa shape index (κ2) is 8.24. The Balaban J connectivity index is 1.96. The lowest BCUT2D eigenvalue weighted by molar-refractivity contribution is -0.132. The Morgan fingerprint density at radius 1 is 1.13 bits per heavy atom. The van der Waals surface area contributed by atoms with E-state index in [0.29, 0.717) is 23.0 Å². The fraction of sp³-hybridized carbons (Fsp3) is 0.130. The van der Waals surface area contributed by atoms with Gasteiger partial charge in [0.05, 0.1) is 17.7 Å². The first-order chi connectivity index (χ1) is 14.8. The predicted octanol–water partition coefficient (Wildman–Crippen LogP) is 5.64. The number of methoxy groups -OCH3 is 1. The molecular weight excluding hydrogens is 486 g/mol. The molecule has 1 fully saturated rings. The molecule has 0 aliphatic carbocycles. The quantitative estimate of drug-likeness (QED) is 0.284. The summed E-state index contributed by atoms with van der Waals surface area (Å²) in [6, 6.07) is 14.1. The van der Waals surface area contributed by atoms with Crippen LogP contribution in [0.5, 0.6) is 5.75 Å². The molecule has 1 N–H and O–H groups in total. The fourth-order valence-corrected chi connectivity index (χ4v) is 4.00. The summed E-state index contributed by atoms with van der Waals surface area (Å²) in [6.07, 6.45) is 0. The second-order valence-electron chi connectivity index (χ2n) is 6.94. The van der Waals surface area contributed by atoms with Crippen LogP contribution in [0.4, 0.5) is 5.69 Å². The standard InChI is InChI=1S/C23H17BrClNO5/c1-12-3-10-18(31-12)20-19(21(27)16-11-15(30-2)8-9-17(16)25)22(28)23(29)26(20)14-6-4-13(24)5-7-14/h3-11,20,27H,1-2H3/b21-19+. The van der Waals surface area contributed by atoms with E-state index in [9.17, 15) is 14.7 Å². The molecule has 3 aromatic rings. The summed E-state index contributed by atoms with van der Waals surface area (Å²) >= 11 is 9.66. The minimum Gasteiger partial charge on any atom is -0.507 e. The third-order valence-electron chi connectivity index (χ3n) is 5.01. The van der Waals surface area contributed by atoms with Crippen LogP contribution in [0.2, 0.25) is 5.02 Å². The van der Waals surface area contributed by atoms with E-state index in [2.05, 4.69) is 15.9 Å². The number of carbonyl (C=O) groups is 2. The van der Waals surface area contributed by atoms with Gasteiger partial charge in [0.15, 0.2) is 0 Å². The molecule has 31 heavy (non-hydrogen) atoms. The van der Waals surface area contributed by atoms with E-state index >= 15 is 0 Å². The van der Waals surface area contributed by atoms with Crippen molar-refractivity contribution in [2.24, 2.45) is 0 Å². The van der Waals surface area contributed by atoms with Crippen LogP contribution >= 0.6 is 27.5 Å². The number of rotatable bonds is 4. The molecule has 158 valence electrons. The smallest absolute Gasteiger partial charge is 0.300 e. The molecule has 0 saturated carbocycles. The molecule has 1 saturated heterocycles. The first-order valence-electron chi connectivity index (χ1n) is 9.28. The first kappa shape index (κ1) is 21.2. The van der Waals surface area contributed by atoms with E-state index in [4.69, 9.17) is 20.8 Å². The molecule has 1 aromatic heterocycles. The first-order valence-corrected chi connectivity index (χ1v) is 10.5. The lowest BCUT2D eigenvalue weighted by atomic mass is 9.99. The van der Waals surface area contributed by atoms with Crippen LogP contribution in [0.25, 0.3) is 5.76 Å². The fourth-order valence-electron chi connectivity index (χ4n) is 3.53. The van der Waals surface area contributed by atoms with Crippen molar-refractivity contribution >= 4 is 50.7 Å². The normalized spacial score (nSPS) is 17.9. The number of ether oxygens (including phenoxy) is 1. The van der Waals surface area contributed by atoms with Crippen molar-refractivity contribution < 1.29 is 23.8 Å². The van der Waals surface area contributed by atoms with Gasteiger partial charge in [-0.1, -0.05) is 27.5 Å². The van der Waals surface area contributed by atoms with E-state index < -0.39 is 23.5 Å². The minimum absolute atomic E-state index is 0.113. The summed E-state index contributed by atoms with van der Waals surface area (Å²) in [4.78, 5) is 27.5. The van der Waals surface area contributed by atoms with Gasteiger partial charge < -0.3 is 14.3 Å². The number of aryl methyl sites for hydroxylation is 1. The summed E-state index contributed by atoms with van der Waals surface area (Å²) < 4.78 is 11.8. The average molecular weight is 503 g/mol. The third-order valence-corrected chi connectivity index (χ3v) is 5.87. The monoisotopic (exact) mass is 501 g/mol. The van der Waals surface area contributed by atoms with Crippen molar-refractivity contribution in [3.05, 3.63) is 86.7 Å². The van der Waals surface area contributed by atoms with Crippen LogP contribution in [0, 0.1) is 6.92 Å². The molecule has 1 atom stereocenters. The van der Waals surface area contributed by atoms with Crippen molar-refractivity contribution in [2.45, 2.75) is 13.0 Å². The van der Waals surface area contributed by atoms with Gasteiger partial charge in [0, 0.05) is 15.7 Å². The molecule has 0 bridgehead atoms. The molecule has 2 heterocycles. The van der Waals surface area contributed by atoms with Crippen LogP contribution < -0.4 is 9.64 Å². The molecule has 0 spiro atoms. The number of Topliss-reactive ketones (excluding diaryl/α,β-unsaturated/α-hetero) is 1. The number of anilines is 1. The van der Waals surface area contributed by atoms with E-state index in [-0.39, 0.29) is 16.2 Å². The number of aliphatic hydroxyl groups excluding tert-OH is 1. The van der Waals surface area contributed by atoms with Gasteiger partial charge >= 0.3 is 0 Å². The number of benzene rings is 2. The van der Waals surface area contributed by atoms with Crippen molar-refractivity contribution in [1.82, 2.24) is 0 Å². The highest BCUT2D eigenvalue weighted by Gasteiger charge is 2.48. The lowest BCUT2D eigenvalue weighted by Crippen LogP contribution is -2.29. The molecule has 1 amide bonds. The van der Waals surface area contributed by atoms with E-state index in [0.717, 1.165) is 4.47 Å². The van der Waals surface area contributed by atoms with Crippen LogP contribution in [0.3, 0.4) is 0 Å². The zero-order valence-electron chi connectivity index (χ0n) is 16.6. The number of amides is 1. The summed E-state index contributed by atoms with van der Waals surface area (Å²) in [7, 11) is 1.48. The Hall–Kier alpha value is -3.03. The number of hydrogen-bond donors (Lipinski definition) is 1. The highest BCUT2D eigenvalue weighted by molar-refractivity contribution is 9.10.